The van der Waals surface area contributed by atoms with E-state index in [1.54, 1.807) is 4.68 Å². The van der Waals surface area contributed by atoms with Gasteiger partial charge in [0.05, 0.1) is 15.9 Å². The van der Waals surface area contributed by atoms with Gasteiger partial charge in [-0.25, -0.2) is 4.68 Å². The Labute approximate surface area is 130 Å². The van der Waals surface area contributed by atoms with E-state index in [1.807, 2.05) is 30.3 Å². The summed E-state index contributed by atoms with van der Waals surface area (Å²) in [6, 6.07) is 9.73. The maximum Gasteiger partial charge on any atom is 0.240 e. The number of alkyl halides is 1. The molecule has 2 aromatic rings. The van der Waals surface area contributed by atoms with E-state index in [0.29, 0.717) is 11.7 Å². The second-order valence-electron chi connectivity index (χ2n) is 4.75. The number of nitrogens with one attached hydrogen (secondary N) is 1. The van der Waals surface area contributed by atoms with Crippen molar-refractivity contribution in [1.29, 1.82) is 0 Å². The van der Waals surface area contributed by atoms with Gasteiger partial charge in [-0.05, 0) is 40.9 Å². The van der Waals surface area contributed by atoms with Crippen LogP contribution in [0.15, 0.2) is 34.8 Å². The first-order valence-electron chi connectivity index (χ1n) is 6.40. The molecule has 1 fully saturated rings. The second-order valence-corrected chi connectivity index (χ2v) is 5.81. The highest BCUT2D eigenvalue weighted by molar-refractivity contribution is 9.10. The lowest BCUT2D eigenvalue weighted by Crippen LogP contribution is -2.16. The van der Waals surface area contributed by atoms with Gasteiger partial charge in [-0.1, -0.05) is 18.2 Å². The molecule has 1 aliphatic carbocycles. The van der Waals surface area contributed by atoms with Crippen molar-refractivity contribution in [3.63, 3.8) is 0 Å². The van der Waals surface area contributed by atoms with Crippen molar-refractivity contribution >= 4 is 39.3 Å². The van der Waals surface area contributed by atoms with Gasteiger partial charge in [0, 0.05) is 5.92 Å². The molecule has 3 rings (SSSR count). The van der Waals surface area contributed by atoms with Crippen LogP contribution in [0.1, 0.15) is 24.5 Å². The minimum Gasteiger partial charge on any atom is -0.309 e. The first-order chi connectivity index (χ1) is 9.70. The number of anilines is 1. The molecule has 104 valence electrons. The fourth-order valence-corrected chi connectivity index (χ4v) is 2.80. The molecule has 1 aliphatic rings. The summed E-state index contributed by atoms with van der Waals surface area (Å²) < 4.78 is 2.60. The molecule has 20 heavy (non-hydrogen) atoms. The predicted octanol–water partition coefficient (Wildman–Crippen LogP) is 3.69. The van der Waals surface area contributed by atoms with Crippen LogP contribution < -0.4 is 5.32 Å². The van der Waals surface area contributed by atoms with E-state index in [1.165, 1.54) is 0 Å². The average molecular weight is 355 g/mol. The highest BCUT2D eigenvalue weighted by atomic mass is 79.9. The Morgan fingerprint density at radius 3 is 2.70 bits per heavy atom. The number of amides is 1. The molecule has 1 heterocycles. The summed E-state index contributed by atoms with van der Waals surface area (Å²) >= 11 is 9.13. The van der Waals surface area contributed by atoms with E-state index in [-0.39, 0.29) is 11.8 Å². The number of halogens is 2. The largest absolute Gasteiger partial charge is 0.309 e. The van der Waals surface area contributed by atoms with Gasteiger partial charge in [0.1, 0.15) is 5.88 Å². The minimum atomic E-state index is -0.244. The Bertz CT molecular complexity index is 637. The molecular weight excluding hydrogens is 342 g/mol. The van der Waals surface area contributed by atoms with E-state index in [9.17, 15) is 4.79 Å². The van der Waals surface area contributed by atoms with E-state index < -0.39 is 0 Å². The molecule has 0 saturated heterocycles. The summed E-state index contributed by atoms with van der Waals surface area (Å²) in [5.74, 6) is 0.807. The molecule has 0 radical (unpaired) electrons. The van der Waals surface area contributed by atoms with E-state index in [2.05, 4.69) is 26.3 Å². The molecule has 0 aliphatic heterocycles. The van der Waals surface area contributed by atoms with Crippen LogP contribution >= 0.6 is 27.5 Å². The van der Waals surface area contributed by atoms with Crippen molar-refractivity contribution in [1.82, 2.24) is 9.78 Å². The molecule has 0 spiro atoms. The summed E-state index contributed by atoms with van der Waals surface area (Å²) in [4.78, 5) is 11.6. The number of aromatic nitrogens is 2. The number of nitrogens with zero attached hydrogens (tertiary/aromatic N) is 2. The molecule has 0 bridgehead atoms. The van der Waals surface area contributed by atoms with Crippen LogP contribution in [-0.4, -0.2) is 21.6 Å². The van der Waals surface area contributed by atoms with Crippen LogP contribution in [0.2, 0.25) is 0 Å². The molecule has 1 aromatic carbocycles. The zero-order valence-corrected chi connectivity index (χ0v) is 13.0. The van der Waals surface area contributed by atoms with E-state index >= 15 is 0 Å². The maximum absolute atomic E-state index is 11.6. The van der Waals surface area contributed by atoms with Gasteiger partial charge >= 0.3 is 0 Å². The van der Waals surface area contributed by atoms with Gasteiger partial charge in [0.15, 0.2) is 5.82 Å². The maximum atomic E-state index is 11.6. The first kappa shape index (κ1) is 13.6. The molecule has 4 nitrogen and oxygen atoms in total. The van der Waals surface area contributed by atoms with Gasteiger partial charge in [0.2, 0.25) is 5.91 Å². The molecule has 0 atom stereocenters. The number of benzene rings is 1. The van der Waals surface area contributed by atoms with Crippen molar-refractivity contribution in [2.45, 2.75) is 18.8 Å². The van der Waals surface area contributed by atoms with Crippen molar-refractivity contribution in [3.8, 4) is 5.69 Å². The highest BCUT2D eigenvalue weighted by Crippen LogP contribution is 2.45. The van der Waals surface area contributed by atoms with E-state index in [4.69, 9.17) is 11.6 Å². The fraction of sp³-hybridized carbons (Fsp3) is 0.286. The van der Waals surface area contributed by atoms with Crippen molar-refractivity contribution < 1.29 is 4.79 Å². The fourth-order valence-electron chi connectivity index (χ4n) is 2.06. The highest BCUT2D eigenvalue weighted by Gasteiger charge is 2.31. The number of para-hydroxylation sites is 1. The van der Waals surface area contributed by atoms with Crippen molar-refractivity contribution in [2.75, 3.05) is 11.2 Å². The summed E-state index contributed by atoms with van der Waals surface area (Å²) in [5, 5.41) is 7.45. The molecule has 1 N–H and O–H groups in total. The molecule has 0 unspecified atom stereocenters. The van der Waals surface area contributed by atoms with Crippen molar-refractivity contribution in [2.24, 2.45) is 0 Å². The van der Waals surface area contributed by atoms with Gasteiger partial charge < -0.3 is 5.32 Å². The smallest absolute Gasteiger partial charge is 0.240 e. The lowest BCUT2D eigenvalue weighted by Gasteiger charge is -2.08. The third-order valence-corrected chi connectivity index (χ3v) is 4.22. The molecule has 1 saturated carbocycles. The van der Waals surface area contributed by atoms with E-state index in [0.717, 1.165) is 28.7 Å². The predicted molar refractivity (Wildman–Crippen MR) is 82.6 cm³/mol. The topological polar surface area (TPSA) is 46.9 Å². The van der Waals surface area contributed by atoms with Crippen molar-refractivity contribution in [3.05, 3.63) is 40.5 Å². The third-order valence-electron chi connectivity index (χ3n) is 3.20. The number of carbonyl (C=O) groups excluding carboxylic acids is 1. The molecule has 1 amide bonds. The van der Waals surface area contributed by atoms with Gasteiger partial charge in [0.25, 0.3) is 0 Å². The van der Waals surface area contributed by atoms with Crippen LogP contribution in [0.3, 0.4) is 0 Å². The summed E-state index contributed by atoms with van der Waals surface area (Å²) in [6.07, 6.45) is 2.29. The quantitative estimate of drug-likeness (QED) is 0.851. The summed E-state index contributed by atoms with van der Waals surface area (Å²) in [5.41, 5.74) is 1.91. The second kappa shape index (κ2) is 5.58. The van der Waals surface area contributed by atoms with Crippen LogP contribution in [-0.2, 0) is 4.79 Å². The number of rotatable bonds is 4. The lowest BCUT2D eigenvalue weighted by molar-refractivity contribution is -0.114. The number of hydrogen-bond acceptors (Lipinski definition) is 2. The Morgan fingerprint density at radius 2 is 2.10 bits per heavy atom. The minimum absolute atomic E-state index is 0.0782. The van der Waals surface area contributed by atoms with Gasteiger partial charge in [-0.2, -0.15) is 5.10 Å². The monoisotopic (exact) mass is 353 g/mol. The summed E-state index contributed by atoms with van der Waals surface area (Å²) in [6.45, 7) is 0. The number of hydrogen-bond donors (Lipinski definition) is 1. The Balaban J connectivity index is 2.07. The zero-order valence-electron chi connectivity index (χ0n) is 10.6. The summed E-state index contributed by atoms with van der Waals surface area (Å²) in [7, 11) is 0. The Morgan fingerprint density at radius 1 is 1.40 bits per heavy atom. The Hall–Kier alpha value is -1.33. The van der Waals surface area contributed by atoms with Gasteiger partial charge in [-0.15, -0.1) is 11.6 Å². The number of carbonyl (C=O) groups is 1. The first-order valence-corrected chi connectivity index (χ1v) is 7.73. The Kier molecular flexibility index (Phi) is 3.81. The third kappa shape index (κ3) is 2.60. The normalized spacial score (nSPS) is 14.3. The molecule has 6 heteroatoms. The van der Waals surface area contributed by atoms with Crippen LogP contribution in [0.5, 0.6) is 0 Å². The van der Waals surface area contributed by atoms with Crippen LogP contribution in [0.25, 0.3) is 5.69 Å². The molecular formula is C14H13BrClN3O. The van der Waals surface area contributed by atoms with Crippen LogP contribution in [0, 0.1) is 0 Å². The SMILES string of the molecule is O=C(CCl)Nc1c(Br)c(C2CC2)nn1-c1ccccc1. The van der Waals surface area contributed by atoms with Gasteiger partial charge in [-0.3, -0.25) is 4.79 Å². The van der Waals surface area contributed by atoms with Crippen LogP contribution in [0.4, 0.5) is 5.82 Å². The zero-order chi connectivity index (χ0) is 14.1. The standard InChI is InChI=1S/C14H13BrClN3O/c15-12-13(9-6-7-9)18-19(10-4-2-1-3-5-10)14(12)17-11(20)8-16/h1-5,9H,6-8H2,(H,17,20). The average Bonchev–Trinajstić information content (AvgIpc) is 3.27. The lowest BCUT2D eigenvalue weighted by atomic mass is 10.3. The molecule has 1 aromatic heterocycles.